The molecule has 0 bridgehead atoms. The van der Waals surface area contributed by atoms with Crippen molar-refractivity contribution in [1.29, 1.82) is 0 Å². The normalized spacial score (nSPS) is 12.9. The van der Waals surface area contributed by atoms with Gasteiger partial charge in [-0.25, -0.2) is 9.97 Å². The van der Waals surface area contributed by atoms with Gasteiger partial charge in [-0.3, -0.25) is 4.79 Å². The number of halogens is 1. The van der Waals surface area contributed by atoms with Crippen LogP contribution >= 0.6 is 11.6 Å². The van der Waals surface area contributed by atoms with E-state index in [-0.39, 0.29) is 11.8 Å². The number of methoxy groups -OCH3 is 1. The molecule has 148 valence electrons. The van der Waals surface area contributed by atoms with E-state index in [1.165, 1.54) is 6.33 Å². The minimum atomic E-state index is 0.0778. The summed E-state index contributed by atoms with van der Waals surface area (Å²) in [5.74, 6) is 2.05. The molecule has 0 atom stereocenters. The molecular weight excluding hydrogens is 390 g/mol. The van der Waals surface area contributed by atoms with Crippen molar-refractivity contribution >= 4 is 46.2 Å². The Bertz CT molecular complexity index is 1040. The predicted octanol–water partition coefficient (Wildman–Crippen LogP) is 4.97. The Morgan fingerprint density at radius 1 is 1.00 bits per heavy atom. The van der Waals surface area contributed by atoms with Crippen molar-refractivity contribution in [3.05, 3.63) is 59.9 Å². The van der Waals surface area contributed by atoms with Gasteiger partial charge in [0.05, 0.1) is 12.1 Å². The third kappa shape index (κ3) is 4.94. The molecule has 8 heteroatoms. The van der Waals surface area contributed by atoms with E-state index in [9.17, 15) is 4.79 Å². The first-order chi connectivity index (χ1) is 14.1. The SMILES string of the molecule is COc1cc(Nc2cc(Nc3cccc(NC(=O)C4CC4)c3)ncn2)ccc1Cl. The molecule has 1 aromatic heterocycles. The number of benzene rings is 2. The summed E-state index contributed by atoms with van der Waals surface area (Å²) in [7, 11) is 1.57. The summed E-state index contributed by atoms with van der Waals surface area (Å²) < 4.78 is 5.24. The zero-order chi connectivity index (χ0) is 20.2. The molecule has 0 aliphatic heterocycles. The lowest BCUT2D eigenvalue weighted by Crippen LogP contribution is -2.13. The van der Waals surface area contributed by atoms with Crippen LogP contribution in [0.4, 0.5) is 28.7 Å². The summed E-state index contributed by atoms with van der Waals surface area (Å²) >= 11 is 6.07. The Morgan fingerprint density at radius 2 is 1.69 bits per heavy atom. The van der Waals surface area contributed by atoms with E-state index in [2.05, 4.69) is 25.9 Å². The minimum absolute atomic E-state index is 0.0778. The van der Waals surface area contributed by atoms with Crippen molar-refractivity contribution in [2.75, 3.05) is 23.1 Å². The van der Waals surface area contributed by atoms with Gasteiger partial charge in [-0.05, 0) is 43.2 Å². The number of hydrogen-bond acceptors (Lipinski definition) is 6. The van der Waals surface area contributed by atoms with Crippen LogP contribution < -0.4 is 20.7 Å². The van der Waals surface area contributed by atoms with Gasteiger partial charge in [-0.1, -0.05) is 17.7 Å². The van der Waals surface area contributed by atoms with Crippen molar-refractivity contribution in [3.63, 3.8) is 0 Å². The van der Waals surface area contributed by atoms with Gasteiger partial charge in [0, 0.05) is 35.1 Å². The van der Waals surface area contributed by atoms with Gasteiger partial charge in [0.25, 0.3) is 0 Å². The van der Waals surface area contributed by atoms with Crippen LogP contribution in [0.15, 0.2) is 54.9 Å². The van der Waals surface area contributed by atoms with Gasteiger partial charge in [-0.2, -0.15) is 0 Å². The van der Waals surface area contributed by atoms with Crippen molar-refractivity contribution in [2.24, 2.45) is 5.92 Å². The quantitative estimate of drug-likeness (QED) is 0.510. The van der Waals surface area contributed by atoms with E-state index in [1.807, 2.05) is 30.3 Å². The lowest BCUT2D eigenvalue weighted by molar-refractivity contribution is -0.117. The molecule has 0 unspecified atom stereocenters. The Labute approximate surface area is 173 Å². The maximum absolute atomic E-state index is 12.0. The number of nitrogens with one attached hydrogen (secondary N) is 3. The van der Waals surface area contributed by atoms with Crippen LogP contribution in [-0.2, 0) is 4.79 Å². The van der Waals surface area contributed by atoms with E-state index in [0.29, 0.717) is 22.4 Å². The van der Waals surface area contributed by atoms with Crippen molar-refractivity contribution < 1.29 is 9.53 Å². The van der Waals surface area contributed by atoms with E-state index in [4.69, 9.17) is 16.3 Å². The van der Waals surface area contributed by atoms with E-state index in [1.54, 1.807) is 25.3 Å². The van der Waals surface area contributed by atoms with Crippen LogP contribution in [-0.4, -0.2) is 23.0 Å². The van der Waals surface area contributed by atoms with Crippen LogP contribution in [0.1, 0.15) is 12.8 Å². The summed E-state index contributed by atoms with van der Waals surface area (Å²) in [5.41, 5.74) is 2.37. The number of nitrogens with zero attached hydrogens (tertiary/aromatic N) is 2. The molecule has 3 N–H and O–H groups in total. The minimum Gasteiger partial charge on any atom is -0.495 e. The molecule has 4 rings (SSSR count). The first kappa shape index (κ1) is 19.0. The fourth-order valence-electron chi connectivity index (χ4n) is 2.79. The van der Waals surface area contributed by atoms with E-state index < -0.39 is 0 Å². The highest BCUT2D eigenvalue weighted by molar-refractivity contribution is 6.32. The molecule has 1 aliphatic rings. The van der Waals surface area contributed by atoms with Gasteiger partial charge < -0.3 is 20.7 Å². The Hall–Kier alpha value is -3.32. The number of rotatable bonds is 7. The maximum Gasteiger partial charge on any atom is 0.227 e. The van der Waals surface area contributed by atoms with E-state index in [0.717, 1.165) is 29.9 Å². The van der Waals surface area contributed by atoms with Crippen LogP contribution in [0.5, 0.6) is 5.75 Å². The average Bonchev–Trinajstić information content (AvgIpc) is 3.55. The summed E-state index contributed by atoms with van der Waals surface area (Å²) in [5, 5.41) is 9.92. The van der Waals surface area contributed by atoms with E-state index >= 15 is 0 Å². The highest BCUT2D eigenvalue weighted by atomic mass is 35.5. The average molecular weight is 410 g/mol. The lowest BCUT2D eigenvalue weighted by Gasteiger charge is -2.11. The molecule has 1 aliphatic carbocycles. The number of aromatic nitrogens is 2. The van der Waals surface area contributed by atoms with Crippen LogP contribution in [0.25, 0.3) is 0 Å². The van der Waals surface area contributed by atoms with Crippen LogP contribution in [0, 0.1) is 5.92 Å². The number of carbonyl (C=O) groups is 1. The molecule has 1 saturated carbocycles. The third-order valence-corrected chi connectivity index (χ3v) is 4.75. The Balaban J connectivity index is 1.45. The maximum atomic E-state index is 12.0. The zero-order valence-electron chi connectivity index (χ0n) is 15.8. The number of hydrogen-bond donors (Lipinski definition) is 3. The highest BCUT2D eigenvalue weighted by Crippen LogP contribution is 2.31. The first-order valence-electron chi connectivity index (χ1n) is 9.21. The summed E-state index contributed by atoms with van der Waals surface area (Å²) in [6.07, 6.45) is 3.41. The predicted molar refractivity (Wildman–Crippen MR) is 114 cm³/mol. The Kier molecular flexibility index (Phi) is 5.48. The second-order valence-corrected chi connectivity index (χ2v) is 7.14. The molecule has 29 heavy (non-hydrogen) atoms. The van der Waals surface area contributed by atoms with Crippen molar-refractivity contribution in [1.82, 2.24) is 9.97 Å². The van der Waals surface area contributed by atoms with Crippen molar-refractivity contribution in [3.8, 4) is 5.75 Å². The van der Waals surface area contributed by atoms with Crippen molar-refractivity contribution in [2.45, 2.75) is 12.8 Å². The van der Waals surface area contributed by atoms with Crippen LogP contribution in [0.2, 0.25) is 5.02 Å². The summed E-state index contributed by atoms with van der Waals surface area (Å²) in [4.78, 5) is 20.5. The molecular formula is C21H20ClN5O2. The second kappa shape index (κ2) is 8.36. The molecule has 2 aromatic carbocycles. The topological polar surface area (TPSA) is 88.2 Å². The molecule has 0 spiro atoms. The largest absolute Gasteiger partial charge is 0.495 e. The molecule has 1 amide bonds. The van der Waals surface area contributed by atoms with Crippen LogP contribution in [0.3, 0.4) is 0 Å². The Morgan fingerprint density at radius 3 is 2.38 bits per heavy atom. The lowest BCUT2D eigenvalue weighted by atomic mass is 10.2. The number of amides is 1. The summed E-state index contributed by atoms with van der Waals surface area (Å²) in [6, 6.07) is 14.7. The monoisotopic (exact) mass is 409 g/mol. The smallest absolute Gasteiger partial charge is 0.227 e. The molecule has 3 aromatic rings. The highest BCUT2D eigenvalue weighted by Gasteiger charge is 2.29. The van der Waals surface area contributed by atoms with Gasteiger partial charge in [0.2, 0.25) is 5.91 Å². The number of anilines is 5. The molecule has 1 fully saturated rings. The zero-order valence-corrected chi connectivity index (χ0v) is 16.5. The number of carbonyl (C=O) groups excluding carboxylic acids is 1. The first-order valence-corrected chi connectivity index (χ1v) is 9.59. The molecule has 7 nitrogen and oxygen atoms in total. The standard InChI is InChI=1S/C21H20ClN5O2/c1-29-18-10-16(7-8-17(18)22)26-20-11-19(23-12-24-20)25-14-3-2-4-15(9-14)27-21(28)13-5-6-13/h2-4,7-13H,5-6H2,1H3,(H,27,28)(H2,23,24,25,26). The molecule has 1 heterocycles. The second-order valence-electron chi connectivity index (χ2n) is 6.73. The third-order valence-electron chi connectivity index (χ3n) is 4.44. The summed E-state index contributed by atoms with van der Waals surface area (Å²) in [6.45, 7) is 0. The number of ether oxygens (including phenoxy) is 1. The van der Waals surface area contributed by atoms with Gasteiger partial charge in [-0.15, -0.1) is 0 Å². The molecule has 0 saturated heterocycles. The fourth-order valence-corrected chi connectivity index (χ4v) is 2.99. The van der Waals surface area contributed by atoms with Gasteiger partial charge in [0.15, 0.2) is 0 Å². The van der Waals surface area contributed by atoms with Gasteiger partial charge in [0.1, 0.15) is 23.7 Å². The molecule has 0 radical (unpaired) electrons. The fraction of sp³-hybridized carbons (Fsp3) is 0.190. The van der Waals surface area contributed by atoms with Gasteiger partial charge >= 0.3 is 0 Å².